The molecule has 5 aliphatic rings. The van der Waals surface area contributed by atoms with Crippen LogP contribution >= 0.6 is 0 Å². The lowest BCUT2D eigenvalue weighted by Crippen LogP contribution is -2.78. The molecule has 5 nitrogen and oxygen atoms in total. The average molecular weight is 596 g/mol. The molecule has 0 N–H and O–H groups in total. The van der Waals surface area contributed by atoms with Crippen molar-refractivity contribution in [2.24, 2.45) is 0 Å². The summed E-state index contributed by atoms with van der Waals surface area (Å²) in [6.45, 7) is 14.3. The molecule has 12 rings (SSSR count). The minimum Gasteiger partial charge on any atom is -0.307 e. The van der Waals surface area contributed by atoms with Crippen LogP contribution in [0.5, 0.6) is 0 Å². The van der Waals surface area contributed by atoms with E-state index in [0.29, 0.717) is 0 Å². The number of aromatic nitrogens is 4. The summed E-state index contributed by atoms with van der Waals surface area (Å²) in [4.78, 5) is 2.67. The van der Waals surface area contributed by atoms with Crippen molar-refractivity contribution < 1.29 is 9.25 Å². The van der Waals surface area contributed by atoms with Gasteiger partial charge >= 0.3 is 5.66 Å². The molecule has 0 bridgehead atoms. The van der Waals surface area contributed by atoms with E-state index in [1.807, 2.05) is 0 Å². The molecule has 7 aromatic rings. The lowest BCUT2D eigenvalue weighted by molar-refractivity contribution is -0.993. The quantitative estimate of drug-likeness (QED) is 0.164. The van der Waals surface area contributed by atoms with Gasteiger partial charge in [-0.3, -0.25) is 0 Å². The molecular weight excluding hydrogens is 562 g/mol. The summed E-state index contributed by atoms with van der Waals surface area (Å²) in [6.07, 6.45) is 2.37. The zero-order chi connectivity index (χ0) is 30.8. The van der Waals surface area contributed by atoms with Crippen LogP contribution in [0.4, 0.5) is 17.2 Å². The number of hydrogen-bond acceptors (Lipinski definition) is 1. The Morgan fingerprint density at radius 2 is 1.35 bits per heavy atom. The van der Waals surface area contributed by atoms with Crippen molar-refractivity contribution in [1.29, 1.82) is 0 Å². The number of aryl methyl sites for hydroxylation is 2. The van der Waals surface area contributed by atoms with E-state index in [2.05, 4.69) is 156 Å². The van der Waals surface area contributed by atoms with Gasteiger partial charge in [-0.15, -0.1) is 4.68 Å². The Bertz CT molecular complexity index is 2670. The summed E-state index contributed by atoms with van der Waals surface area (Å²) in [7, 11) is 0. The van der Waals surface area contributed by atoms with Gasteiger partial charge < -0.3 is 4.57 Å². The molecule has 1 unspecified atom stereocenters. The van der Waals surface area contributed by atoms with Gasteiger partial charge in [-0.2, -0.15) is 9.47 Å². The maximum Gasteiger partial charge on any atom is 0.394 e. The molecule has 8 heterocycles. The van der Waals surface area contributed by atoms with Gasteiger partial charge in [0, 0.05) is 51.3 Å². The molecule has 5 aliphatic heterocycles. The minimum atomic E-state index is -0.601. The molecular formula is C41H33N5+2. The lowest BCUT2D eigenvalue weighted by Gasteiger charge is -2.49. The van der Waals surface area contributed by atoms with Crippen molar-refractivity contribution in [3.63, 3.8) is 0 Å². The standard InChI is InChI=1S/C41H33N5/c1-22-21-23(2)46-41-33-31(43-30-15-8-7-11-24(30)25-16-18-32(45(22)46)34(41)35(25)43)19-17-28-37(33)44-36-26(39(28,3)4)12-9-13-27(36)40(5,6)29-14-10-20-42(41)38(29)44/h7-21H,1-6H3/q+2. The van der Waals surface area contributed by atoms with Crippen LogP contribution in [0.2, 0.25) is 0 Å². The molecule has 4 aromatic carbocycles. The van der Waals surface area contributed by atoms with Crippen LogP contribution in [0.3, 0.4) is 0 Å². The second-order valence-corrected chi connectivity index (χ2v) is 15.2. The van der Waals surface area contributed by atoms with Gasteiger partial charge in [0.15, 0.2) is 5.69 Å². The fraction of sp³-hybridized carbons (Fsp3) is 0.220. The predicted octanol–water partition coefficient (Wildman–Crippen LogP) is 7.75. The van der Waals surface area contributed by atoms with Gasteiger partial charge in [0.05, 0.1) is 34.2 Å². The van der Waals surface area contributed by atoms with E-state index in [1.165, 1.54) is 95.1 Å². The first-order valence-corrected chi connectivity index (χ1v) is 16.6. The Morgan fingerprint density at radius 3 is 2.17 bits per heavy atom. The van der Waals surface area contributed by atoms with Crippen molar-refractivity contribution in [1.82, 2.24) is 9.25 Å². The Morgan fingerprint density at radius 1 is 0.630 bits per heavy atom. The van der Waals surface area contributed by atoms with Crippen LogP contribution in [0.25, 0.3) is 33.2 Å². The molecule has 1 atom stereocenters. The van der Waals surface area contributed by atoms with E-state index in [-0.39, 0.29) is 10.8 Å². The van der Waals surface area contributed by atoms with Crippen molar-refractivity contribution >= 4 is 39.0 Å². The van der Waals surface area contributed by atoms with Crippen molar-refractivity contribution in [3.05, 3.63) is 136 Å². The van der Waals surface area contributed by atoms with Crippen LogP contribution in [0, 0.1) is 13.8 Å². The maximum absolute atomic E-state index is 2.67. The van der Waals surface area contributed by atoms with E-state index >= 15 is 0 Å². The Labute approximate surface area is 267 Å². The zero-order valence-electron chi connectivity index (χ0n) is 26.9. The number of nitrogens with zero attached hydrogens (tertiary/aromatic N) is 5. The van der Waals surface area contributed by atoms with Crippen molar-refractivity contribution in [2.45, 2.75) is 58.0 Å². The van der Waals surface area contributed by atoms with Gasteiger partial charge in [-0.25, -0.2) is 0 Å². The molecule has 0 saturated heterocycles. The van der Waals surface area contributed by atoms with E-state index in [4.69, 9.17) is 0 Å². The summed E-state index contributed by atoms with van der Waals surface area (Å²) in [6, 6.07) is 32.7. The number of rotatable bonds is 0. The normalized spacial score (nSPS) is 20.3. The molecule has 0 amide bonds. The van der Waals surface area contributed by atoms with E-state index < -0.39 is 5.66 Å². The van der Waals surface area contributed by atoms with Crippen LogP contribution in [0.15, 0.2) is 91.1 Å². The fourth-order valence-electron chi connectivity index (χ4n) is 10.7. The molecule has 0 radical (unpaired) electrons. The van der Waals surface area contributed by atoms with Gasteiger partial charge in [0.2, 0.25) is 5.69 Å². The first kappa shape index (κ1) is 24.1. The number of fused-ring (bicyclic) bond motifs is 6. The predicted molar refractivity (Wildman–Crippen MR) is 180 cm³/mol. The molecule has 0 fully saturated rings. The van der Waals surface area contributed by atoms with Crippen molar-refractivity contribution in [2.75, 3.05) is 4.90 Å². The molecule has 220 valence electrons. The largest absolute Gasteiger partial charge is 0.394 e. The zero-order valence-corrected chi connectivity index (χ0v) is 26.9. The van der Waals surface area contributed by atoms with Crippen LogP contribution < -0.4 is 14.1 Å². The monoisotopic (exact) mass is 595 g/mol. The van der Waals surface area contributed by atoms with Crippen LogP contribution in [-0.2, 0) is 16.5 Å². The summed E-state index contributed by atoms with van der Waals surface area (Å²) in [5.41, 5.74) is 17.8. The van der Waals surface area contributed by atoms with Crippen molar-refractivity contribution in [3.8, 4) is 11.4 Å². The lowest BCUT2D eigenvalue weighted by atomic mass is 9.64. The SMILES string of the molecule is Cc1cc(C)[n+]2n1-c1ccc3c4ccccc4n4c3c1C21c2c-4ccc3c2N2c4c(cccc4C(C)(C)c4ccc[n+]1c42)C3(C)C. The highest BCUT2D eigenvalue weighted by Gasteiger charge is 2.72. The van der Waals surface area contributed by atoms with Gasteiger partial charge in [0.25, 0.3) is 5.82 Å². The summed E-state index contributed by atoms with van der Waals surface area (Å²) < 4.78 is 10.4. The number of pyridine rings is 1. The summed E-state index contributed by atoms with van der Waals surface area (Å²) >= 11 is 0. The second kappa shape index (κ2) is 6.82. The van der Waals surface area contributed by atoms with Gasteiger partial charge in [-0.05, 0) is 43.3 Å². The molecule has 0 saturated carbocycles. The molecule has 1 spiro atoms. The average Bonchev–Trinajstić information content (AvgIpc) is 3.66. The second-order valence-electron chi connectivity index (χ2n) is 15.2. The minimum absolute atomic E-state index is 0.172. The third kappa shape index (κ3) is 2.07. The number of anilines is 3. The van der Waals surface area contributed by atoms with E-state index in [0.717, 1.165) is 0 Å². The highest BCUT2D eigenvalue weighted by molar-refractivity contribution is 6.13. The Hall–Kier alpha value is -5.16. The number of para-hydroxylation sites is 2. The third-order valence-electron chi connectivity index (χ3n) is 12.4. The summed E-state index contributed by atoms with van der Waals surface area (Å²) in [5, 5.41) is 2.63. The highest BCUT2D eigenvalue weighted by Crippen LogP contribution is 2.65. The van der Waals surface area contributed by atoms with Gasteiger partial charge in [-0.1, -0.05) is 74.8 Å². The molecule has 0 aliphatic carbocycles. The topological polar surface area (TPSA) is 20.9 Å². The number of hydrogen-bond donors (Lipinski definition) is 0. The first-order chi connectivity index (χ1) is 22.2. The van der Waals surface area contributed by atoms with Crippen LogP contribution in [-0.4, -0.2) is 9.25 Å². The van der Waals surface area contributed by atoms with Crippen LogP contribution in [0.1, 0.15) is 72.5 Å². The molecule has 3 aromatic heterocycles. The highest BCUT2D eigenvalue weighted by atomic mass is 15.6. The third-order valence-corrected chi connectivity index (χ3v) is 12.4. The van der Waals surface area contributed by atoms with E-state index in [1.54, 1.807) is 0 Å². The Kier molecular flexibility index (Phi) is 3.58. The molecule has 46 heavy (non-hydrogen) atoms. The fourth-order valence-corrected chi connectivity index (χ4v) is 10.7. The van der Waals surface area contributed by atoms with E-state index in [9.17, 15) is 0 Å². The molecule has 5 heteroatoms. The first-order valence-electron chi connectivity index (χ1n) is 16.6. The Balaban J connectivity index is 1.44. The number of benzene rings is 4. The maximum atomic E-state index is 2.67. The van der Waals surface area contributed by atoms with Gasteiger partial charge in [0.1, 0.15) is 22.5 Å². The summed E-state index contributed by atoms with van der Waals surface area (Å²) in [5.74, 6) is 1.29. The smallest absolute Gasteiger partial charge is 0.307 e.